The Balaban J connectivity index is 1.78. The second-order valence-electron chi connectivity index (χ2n) is 6.13. The first-order valence-corrected chi connectivity index (χ1v) is 9.04. The van der Waals surface area contributed by atoms with Gasteiger partial charge in [0.2, 0.25) is 5.91 Å². The minimum Gasteiger partial charge on any atom is -0.497 e. The minimum atomic E-state index is -0.748. The Labute approximate surface area is 177 Å². The van der Waals surface area contributed by atoms with Crippen molar-refractivity contribution < 1.29 is 33.5 Å². The van der Waals surface area contributed by atoms with E-state index >= 15 is 0 Å². The average molecular weight is 431 g/mol. The number of carbonyl (C=O) groups excluding carboxylic acids is 3. The van der Waals surface area contributed by atoms with Gasteiger partial charge in [0.15, 0.2) is 6.61 Å². The van der Waals surface area contributed by atoms with Gasteiger partial charge in [-0.2, -0.15) is 0 Å². The molecule has 11 nitrogen and oxygen atoms in total. The van der Waals surface area contributed by atoms with Crippen LogP contribution >= 0.6 is 0 Å². The Hall–Kier alpha value is -4.15. The number of hydrogen-bond donors (Lipinski definition) is 2. The second-order valence-corrected chi connectivity index (χ2v) is 6.13. The van der Waals surface area contributed by atoms with Gasteiger partial charge in [-0.15, -0.1) is 0 Å². The molecule has 0 saturated heterocycles. The number of nitrogens with one attached hydrogen (secondary N) is 2. The number of non-ortho nitro benzene ring substituents is 1. The number of rotatable bonds is 10. The number of esters is 1. The van der Waals surface area contributed by atoms with Crippen LogP contribution in [0.3, 0.4) is 0 Å². The Morgan fingerprint density at radius 3 is 2.42 bits per heavy atom. The summed E-state index contributed by atoms with van der Waals surface area (Å²) in [4.78, 5) is 45.9. The number of amides is 2. The smallest absolute Gasteiger partial charge is 0.306 e. The highest BCUT2D eigenvalue weighted by Gasteiger charge is 2.14. The van der Waals surface area contributed by atoms with Crippen LogP contribution in [0.1, 0.15) is 12.8 Å². The third kappa shape index (κ3) is 7.31. The Morgan fingerprint density at radius 1 is 0.968 bits per heavy atom. The van der Waals surface area contributed by atoms with Crippen molar-refractivity contribution in [1.82, 2.24) is 0 Å². The van der Waals surface area contributed by atoms with Gasteiger partial charge in [-0.3, -0.25) is 24.5 Å². The largest absolute Gasteiger partial charge is 0.497 e. The molecule has 2 amide bonds. The topological polar surface area (TPSA) is 146 Å². The number of carbonyl (C=O) groups is 3. The maximum atomic E-state index is 12.0. The van der Waals surface area contributed by atoms with Crippen LogP contribution in [0.15, 0.2) is 42.5 Å². The van der Waals surface area contributed by atoms with E-state index in [2.05, 4.69) is 10.6 Å². The van der Waals surface area contributed by atoms with Crippen LogP contribution in [0.4, 0.5) is 17.1 Å². The van der Waals surface area contributed by atoms with Gasteiger partial charge in [-0.25, -0.2) is 0 Å². The average Bonchev–Trinajstić information content (AvgIpc) is 2.76. The van der Waals surface area contributed by atoms with Crippen LogP contribution in [0.2, 0.25) is 0 Å². The molecule has 0 saturated carbocycles. The van der Waals surface area contributed by atoms with E-state index in [1.54, 1.807) is 18.2 Å². The molecule has 31 heavy (non-hydrogen) atoms. The third-order valence-corrected chi connectivity index (χ3v) is 3.94. The molecule has 0 radical (unpaired) electrons. The number of nitro groups is 1. The summed E-state index contributed by atoms with van der Waals surface area (Å²) in [5.41, 5.74) is 0.411. The van der Waals surface area contributed by atoms with Crippen LogP contribution in [0, 0.1) is 10.1 Å². The number of anilines is 2. The van der Waals surface area contributed by atoms with E-state index in [9.17, 15) is 24.5 Å². The summed E-state index contributed by atoms with van der Waals surface area (Å²) in [6.45, 7) is -0.550. The monoisotopic (exact) mass is 431 g/mol. The molecular weight excluding hydrogens is 410 g/mol. The molecule has 2 rings (SSSR count). The Bertz CT molecular complexity index is 977. The fourth-order valence-electron chi connectivity index (χ4n) is 2.45. The molecule has 2 N–H and O–H groups in total. The molecule has 11 heteroatoms. The molecule has 0 bridgehead atoms. The summed E-state index contributed by atoms with van der Waals surface area (Å²) in [5.74, 6) is -0.966. The molecule has 2 aromatic rings. The summed E-state index contributed by atoms with van der Waals surface area (Å²) >= 11 is 0. The molecule has 2 aromatic carbocycles. The molecule has 0 aromatic heterocycles. The highest BCUT2D eigenvalue weighted by Crippen LogP contribution is 2.28. The summed E-state index contributed by atoms with van der Waals surface area (Å²) in [5, 5.41) is 15.8. The van der Waals surface area contributed by atoms with E-state index in [-0.39, 0.29) is 24.2 Å². The lowest BCUT2D eigenvalue weighted by molar-refractivity contribution is -0.384. The van der Waals surface area contributed by atoms with Gasteiger partial charge in [0.05, 0.1) is 31.3 Å². The van der Waals surface area contributed by atoms with Crippen molar-refractivity contribution in [1.29, 1.82) is 0 Å². The highest BCUT2D eigenvalue weighted by molar-refractivity contribution is 5.95. The standard InChI is InChI=1S/C20H21N3O8/c1-29-15-6-7-17(30-2)16(11-15)22-19(25)12-31-20(26)9-8-18(24)21-13-4-3-5-14(10-13)23(27)28/h3-7,10-11H,8-9,12H2,1-2H3,(H,21,24)(H,22,25). The van der Waals surface area contributed by atoms with E-state index in [0.717, 1.165) is 0 Å². The lowest BCUT2D eigenvalue weighted by atomic mass is 10.2. The van der Waals surface area contributed by atoms with Gasteiger partial charge in [0.25, 0.3) is 11.6 Å². The maximum absolute atomic E-state index is 12.0. The van der Waals surface area contributed by atoms with Gasteiger partial charge in [-0.05, 0) is 18.2 Å². The van der Waals surface area contributed by atoms with Crippen LogP contribution in [-0.2, 0) is 19.1 Å². The Morgan fingerprint density at radius 2 is 1.74 bits per heavy atom. The van der Waals surface area contributed by atoms with Crippen LogP contribution < -0.4 is 20.1 Å². The van der Waals surface area contributed by atoms with Gasteiger partial charge in [-0.1, -0.05) is 6.07 Å². The molecule has 164 valence electrons. The maximum Gasteiger partial charge on any atom is 0.306 e. The predicted octanol–water partition coefficient (Wildman–Crippen LogP) is 2.51. The van der Waals surface area contributed by atoms with E-state index in [0.29, 0.717) is 17.2 Å². The molecule has 0 aliphatic heterocycles. The van der Waals surface area contributed by atoms with Crippen molar-refractivity contribution in [2.75, 3.05) is 31.5 Å². The SMILES string of the molecule is COc1ccc(OC)c(NC(=O)COC(=O)CCC(=O)Nc2cccc([N+](=O)[O-])c2)c1. The summed E-state index contributed by atoms with van der Waals surface area (Å²) in [6, 6.07) is 10.2. The van der Waals surface area contributed by atoms with Crippen molar-refractivity contribution in [3.63, 3.8) is 0 Å². The van der Waals surface area contributed by atoms with E-state index in [1.165, 1.54) is 38.5 Å². The predicted molar refractivity (Wildman–Crippen MR) is 110 cm³/mol. The first kappa shape index (κ1) is 23.1. The molecule has 0 aliphatic carbocycles. The fourth-order valence-corrected chi connectivity index (χ4v) is 2.45. The summed E-state index contributed by atoms with van der Waals surface area (Å²) in [6.07, 6.45) is -0.483. The molecule has 0 heterocycles. The zero-order valence-electron chi connectivity index (χ0n) is 16.9. The van der Waals surface area contributed by atoms with Crippen LogP contribution in [0.5, 0.6) is 11.5 Å². The summed E-state index contributed by atoms with van der Waals surface area (Å²) in [7, 11) is 2.92. The molecule has 0 aliphatic rings. The van der Waals surface area contributed by atoms with E-state index < -0.39 is 29.3 Å². The van der Waals surface area contributed by atoms with Crippen molar-refractivity contribution in [3.8, 4) is 11.5 Å². The van der Waals surface area contributed by atoms with Gasteiger partial charge >= 0.3 is 5.97 Å². The molecule has 0 atom stereocenters. The lowest BCUT2D eigenvalue weighted by Crippen LogP contribution is -2.22. The zero-order chi connectivity index (χ0) is 22.8. The number of methoxy groups -OCH3 is 2. The van der Waals surface area contributed by atoms with Gasteiger partial charge in [0.1, 0.15) is 11.5 Å². The van der Waals surface area contributed by atoms with Crippen LogP contribution in [0.25, 0.3) is 0 Å². The quantitative estimate of drug-likeness (QED) is 0.331. The van der Waals surface area contributed by atoms with Gasteiger partial charge in [0, 0.05) is 30.3 Å². The fraction of sp³-hybridized carbons (Fsp3) is 0.250. The van der Waals surface area contributed by atoms with Crippen LogP contribution in [-0.4, -0.2) is 43.5 Å². The first-order chi connectivity index (χ1) is 14.8. The number of nitro benzene ring substituents is 1. The van der Waals surface area contributed by atoms with E-state index in [1.807, 2.05) is 0 Å². The molecule has 0 spiro atoms. The number of hydrogen-bond acceptors (Lipinski definition) is 8. The minimum absolute atomic E-state index is 0.170. The van der Waals surface area contributed by atoms with Crippen molar-refractivity contribution in [2.24, 2.45) is 0 Å². The number of benzene rings is 2. The third-order valence-electron chi connectivity index (χ3n) is 3.94. The molecule has 0 unspecified atom stereocenters. The Kier molecular flexibility index (Phi) is 8.31. The molecular formula is C20H21N3O8. The number of nitrogens with zero attached hydrogens (tertiary/aromatic N) is 1. The highest BCUT2D eigenvalue weighted by atomic mass is 16.6. The summed E-state index contributed by atoms with van der Waals surface area (Å²) < 4.78 is 15.1. The van der Waals surface area contributed by atoms with E-state index in [4.69, 9.17) is 14.2 Å². The zero-order valence-corrected chi connectivity index (χ0v) is 16.9. The van der Waals surface area contributed by atoms with Crippen molar-refractivity contribution >= 4 is 34.8 Å². The van der Waals surface area contributed by atoms with Gasteiger partial charge < -0.3 is 24.8 Å². The second kappa shape index (κ2) is 11.1. The lowest BCUT2D eigenvalue weighted by Gasteiger charge is -2.12. The first-order valence-electron chi connectivity index (χ1n) is 9.04. The number of ether oxygens (including phenoxy) is 3. The molecule has 0 fully saturated rings. The van der Waals surface area contributed by atoms with Crippen molar-refractivity contribution in [3.05, 3.63) is 52.6 Å². The normalized spacial score (nSPS) is 10.0. The van der Waals surface area contributed by atoms with Crippen molar-refractivity contribution in [2.45, 2.75) is 12.8 Å².